The first-order chi connectivity index (χ1) is 24.4. The summed E-state index contributed by atoms with van der Waals surface area (Å²) in [6.07, 6.45) is -0.0479. The van der Waals surface area contributed by atoms with Crippen LogP contribution in [0.1, 0.15) is 49.1 Å². The van der Waals surface area contributed by atoms with E-state index in [9.17, 15) is 23.8 Å². The molecule has 0 saturated heterocycles. The third-order valence-corrected chi connectivity index (χ3v) is 9.23. The summed E-state index contributed by atoms with van der Waals surface area (Å²) >= 11 is 0. The third kappa shape index (κ3) is 8.39. The normalized spacial score (nSPS) is 14.5. The molecule has 1 fully saturated rings. The number of ether oxygens (including phenoxy) is 3. The molecule has 1 aliphatic carbocycles. The molecule has 0 bridgehead atoms. The molecule has 0 aliphatic heterocycles. The molecule has 4 aromatic carbocycles. The number of fused-ring (bicyclic) bond motifs is 1. The molecule has 11 heteroatoms. The largest absolute Gasteiger partial charge is 0.504 e. The molecule has 1 aromatic heterocycles. The molecule has 1 saturated carbocycles. The Bertz CT molecular complexity index is 1960. The molecule has 51 heavy (non-hydrogen) atoms. The molecule has 1 atom stereocenters. The predicted molar refractivity (Wildman–Crippen MR) is 187 cm³/mol. The zero-order valence-electron chi connectivity index (χ0n) is 28.5. The molecule has 1 amide bonds. The van der Waals surface area contributed by atoms with E-state index in [1.165, 1.54) is 24.3 Å². The molecule has 3 N–H and O–H groups in total. The summed E-state index contributed by atoms with van der Waals surface area (Å²) in [7, 11) is 0. The van der Waals surface area contributed by atoms with Crippen molar-refractivity contribution in [2.24, 2.45) is 0 Å². The Balaban J connectivity index is 1.24. The Labute approximate surface area is 294 Å². The minimum atomic E-state index is -3.11. The van der Waals surface area contributed by atoms with Crippen molar-refractivity contribution in [3.63, 3.8) is 0 Å². The lowest BCUT2D eigenvalue weighted by atomic mass is 9.90. The second-order valence-corrected chi connectivity index (χ2v) is 13.6. The molecule has 1 aliphatic rings. The second kappa shape index (κ2) is 15.2. The fourth-order valence-electron chi connectivity index (χ4n) is 6.38. The van der Waals surface area contributed by atoms with E-state index < -0.39 is 46.8 Å². The summed E-state index contributed by atoms with van der Waals surface area (Å²) in [4.78, 5) is 13.6. The topological polar surface area (TPSA) is 102 Å². The van der Waals surface area contributed by atoms with E-state index in [1.807, 2.05) is 85.1 Å². The Morgan fingerprint density at radius 3 is 2.18 bits per heavy atom. The average Bonchev–Trinajstić information content (AvgIpc) is 3.84. The highest BCUT2D eigenvalue weighted by Crippen LogP contribution is 2.51. The number of amides is 1. The molecule has 5 aromatic rings. The highest BCUT2D eigenvalue weighted by atomic mass is 19.3. The van der Waals surface area contributed by atoms with Gasteiger partial charge >= 0.3 is 6.61 Å². The van der Waals surface area contributed by atoms with Gasteiger partial charge in [-0.15, -0.1) is 0 Å². The Kier molecular flexibility index (Phi) is 10.7. The van der Waals surface area contributed by atoms with Gasteiger partial charge in [0.05, 0.1) is 55.7 Å². The van der Waals surface area contributed by atoms with E-state index >= 15 is 4.39 Å². The lowest BCUT2D eigenvalue weighted by molar-refractivity contribution is -0.118. The molecular formula is C40H41F3N2O6. The van der Waals surface area contributed by atoms with Crippen LogP contribution < -0.4 is 10.1 Å². The van der Waals surface area contributed by atoms with Gasteiger partial charge in [0, 0.05) is 22.6 Å². The van der Waals surface area contributed by atoms with Crippen LogP contribution in [0.15, 0.2) is 97.1 Å². The number of aliphatic hydroxyl groups excluding tert-OH is 1. The summed E-state index contributed by atoms with van der Waals surface area (Å²) in [6.45, 7) is 2.18. The lowest BCUT2D eigenvalue weighted by Gasteiger charge is -2.28. The van der Waals surface area contributed by atoms with Crippen molar-refractivity contribution in [3.05, 3.63) is 125 Å². The number of benzene rings is 4. The van der Waals surface area contributed by atoms with Crippen molar-refractivity contribution in [1.29, 1.82) is 0 Å². The van der Waals surface area contributed by atoms with Crippen molar-refractivity contribution in [1.82, 2.24) is 4.57 Å². The molecule has 1 unspecified atom stereocenters. The van der Waals surface area contributed by atoms with E-state index in [0.717, 1.165) is 16.8 Å². The zero-order chi connectivity index (χ0) is 36.2. The molecule has 6 rings (SSSR count). The van der Waals surface area contributed by atoms with Gasteiger partial charge in [0.2, 0.25) is 5.91 Å². The Morgan fingerprint density at radius 2 is 1.57 bits per heavy atom. The number of alkyl halides is 2. The van der Waals surface area contributed by atoms with E-state index in [1.54, 1.807) is 6.07 Å². The van der Waals surface area contributed by atoms with Crippen molar-refractivity contribution in [2.45, 2.75) is 70.0 Å². The maximum atomic E-state index is 15.9. The van der Waals surface area contributed by atoms with E-state index in [0.29, 0.717) is 49.1 Å². The summed E-state index contributed by atoms with van der Waals surface area (Å²) in [5.41, 5.74) is 2.09. The number of aliphatic hydroxyl groups is 1. The van der Waals surface area contributed by atoms with Crippen molar-refractivity contribution < 1.29 is 42.4 Å². The first-order valence-electron chi connectivity index (χ1n) is 16.8. The van der Waals surface area contributed by atoms with Crippen LogP contribution in [0.3, 0.4) is 0 Å². The van der Waals surface area contributed by atoms with Crippen molar-refractivity contribution in [3.8, 4) is 11.5 Å². The SMILES string of the molecule is CC(C)(COCc1ccccc1)c1cc2cc(NC(=O)C3(c4ccc(OC(F)F)c(O)c4)CC3)c(F)cc2n1CC(O)COCc1ccccc1. The maximum Gasteiger partial charge on any atom is 0.387 e. The summed E-state index contributed by atoms with van der Waals surface area (Å²) in [5.74, 6) is -2.07. The van der Waals surface area contributed by atoms with Gasteiger partial charge in [0.15, 0.2) is 11.5 Å². The number of hydrogen-bond donors (Lipinski definition) is 3. The number of anilines is 1. The fraction of sp³-hybridized carbons (Fsp3) is 0.325. The van der Waals surface area contributed by atoms with Crippen molar-refractivity contribution >= 4 is 22.5 Å². The molecule has 268 valence electrons. The van der Waals surface area contributed by atoms with E-state index in [4.69, 9.17) is 9.47 Å². The number of nitrogens with zero attached hydrogens (tertiary/aromatic N) is 1. The number of aromatic hydroxyl groups is 1. The van der Waals surface area contributed by atoms with E-state index in [-0.39, 0.29) is 18.8 Å². The highest BCUT2D eigenvalue weighted by Gasteiger charge is 2.51. The number of rotatable bonds is 16. The van der Waals surface area contributed by atoms with E-state index in [2.05, 4.69) is 10.1 Å². The second-order valence-electron chi connectivity index (χ2n) is 13.6. The number of aromatic nitrogens is 1. The van der Waals surface area contributed by atoms with Gasteiger partial charge in [-0.3, -0.25) is 4.79 Å². The van der Waals surface area contributed by atoms with Gasteiger partial charge in [-0.2, -0.15) is 8.78 Å². The Hall–Kier alpha value is -4.84. The van der Waals surface area contributed by atoms with Crippen LogP contribution in [0.5, 0.6) is 11.5 Å². The predicted octanol–water partition coefficient (Wildman–Crippen LogP) is 7.83. The number of phenolic OH excluding ortho intramolecular Hbond substituents is 1. The molecular weight excluding hydrogens is 661 g/mol. The molecule has 1 heterocycles. The minimum absolute atomic E-state index is 0.0331. The van der Waals surface area contributed by atoms with Crippen LogP contribution >= 0.6 is 0 Å². The van der Waals surface area contributed by atoms with Crippen molar-refractivity contribution in [2.75, 3.05) is 18.5 Å². The van der Waals surface area contributed by atoms with Crippen LogP contribution in [0.25, 0.3) is 10.9 Å². The van der Waals surface area contributed by atoms with Gasteiger partial charge in [-0.25, -0.2) is 4.39 Å². The summed E-state index contributed by atoms with van der Waals surface area (Å²) in [5, 5.41) is 24.7. The van der Waals surface area contributed by atoms with Crippen LogP contribution in [-0.4, -0.2) is 46.6 Å². The Morgan fingerprint density at radius 1 is 0.922 bits per heavy atom. The van der Waals surface area contributed by atoms with Crippen LogP contribution in [0.4, 0.5) is 18.9 Å². The van der Waals surface area contributed by atoms with Gasteiger partial charge < -0.3 is 34.3 Å². The maximum absolute atomic E-state index is 15.9. The quantitative estimate of drug-likeness (QED) is 0.0969. The first kappa shape index (κ1) is 36.0. The van der Waals surface area contributed by atoms with Gasteiger partial charge in [0.25, 0.3) is 0 Å². The van der Waals surface area contributed by atoms with Crippen LogP contribution in [0.2, 0.25) is 0 Å². The number of nitrogens with one attached hydrogen (secondary N) is 1. The van der Waals surface area contributed by atoms with Gasteiger partial charge in [-0.1, -0.05) is 80.6 Å². The minimum Gasteiger partial charge on any atom is -0.504 e. The highest BCUT2D eigenvalue weighted by molar-refractivity contribution is 6.02. The fourth-order valence-corrected chi connectivity index (χ4v) is 6.38. The summed E-state index contributed by atoms with van der Waals surface area (Å²) < 4.78 is 59.4. The number of carbonyl (C=O) groups is 1. The molecule has 8 nitrogen and oxygen atoms in total. The zero-order valence-corrected chi connectivity index (χ0v) is 28.5. The average molecular weight is 703 g/mol. The molecule has 0 spiro atoms. The van der Waals surface area contributed by atoms with Gasteiger partial charge in [-0.05, 0) is 53.8 Å². The monoisotopic (exact) mass is 702 g/mol. The number of halogens is 3. The first-order valence-corrected chi connectivity index (χ1v) is 16.8. The molecule has 0 radical (unpaired) electrons. The number of carbonyl (C=O) groups excluding carboxylic acids is 1. The smallest absolute Gasteiger partial charge is 0.387 e. The van der Waals surface area contributed by atoms with Gasteiger partial charge in [0.1, 0.15) is 5.82 Å². The standard InChI is InChI=1S/C40H41F3N2O6/c1-39(2,25-50-23-27-11-7-4-8-12-27)36-18-28-17-32(44-37(48)40(15-16-40)29-13-14-35(34(47)19-29)51-38(42)43)31(41)20-33(28)45(36)21-30(46)24-49-22-26-9-5-3-6-10-26/h3-14,17-20,30,38,46-47H,15-16,21-25H2,1-2H3,(H,44,48). The summed E-state index contributed by atoms with van der Waals surface area (Å²) in [6, 6.07) is 28.1. The number of phenols is 1. The lowest BCUT2D eigenvalue weighted by Crippen LogP contribution is -2.30. The van der Waals surface area contributed by atoms with Crippen LogP contribution in [0, 0.1) is 5.82 Å². The third-order valence-electron chi connectivity index (χ3n) is 9.23. The van der Waals surface area contributed by atoms with Crippen LogP contribution in [-0.2, 0) is 44.9 Å². The number of hydrogen-bond acceptors (Lipinski definition) is 6.